The molecule has 0 fully saturated rings. The van der Waals surface area contributed by atoms with Crippen LogP contribution in [0, 0.1) is 0 Å². The molecule has 6 heteroatoms. The molecule has 0 aliphatic carbocycles. The Morgan fingerprint density at radius 3 is 2.35 bits per heavy atom. The van der Waals surface area contributed by atoms with Crippen LogP contribution in [-0.4, -0.2) is 38.2 Å². The molecule has 114 valence electrons. The van der Waals surface area contributed by atoms with E-state index in [0.717, 1.165) is 0 Å². The molecule has 3 unspecified atom stereocenters. The highest BCUT2D eigenvalue weighted by molar-refractivity contribution is 5.74. The van der Waals surface area contributed by atoms with Gasteiger partial charge in [0.15, 0.2) is 6.10 Å². The molecule has 0 saturated heterocycles. The molecule has 20 heavy (non-hydrogen) atoms. The van der Waals surface area contributed by atoms with E-state index in [1.807, 2.05) is 20.8 Å². The molecule has 0 spiro atoms. The van der Waals surface area contributed by atoms with Crippen LogP contribution in [0.4, 0.5) is 0 Å². The van der Waals surface area contributed by atoms with Gasteiger partial charge >= 0.3 is 5.97 Å². The Kier molecular flexibility index (Phi) is 4.94. The molecule has 6 nitrogen and oxygen atoms in total. The van der Waals surface area contributed by atoms with Gasteiger partial charge in [-0.25, -0.2) is 4.79 Å². The summed E-state index contributed by atoms with van der Waals surface area (Å²) in [5.74, 6) is -1.09. The van der Waals surface area contributed by atoms with Crippen LogP contribution in [0.1, 0.15) is 52.0 Å². The topological polar surface area (TPSA) is 84.6 Å². The maximum Gasteiger partial charge on any atom is 0.337 e. The van der Waals surface area contributed by atoms with Crippen LogP contribution in [0.3, 0.4) is 0 Å². The number of aliphatic hydroxyl groups is 1. The summed E-state index contributed by atoms with van der Waals surface area (Å²) >= 11 is 0. The molecule has 3 atom stereocenters. The first-order valence-electron chi connectivity index (χ1n) is 6.64. The lowest BCUT2D eigenvalue weighted by Gasteiger charge is -2.24. The number of aliphatic hydroxyl groups excluding tert-OH is 1. The maximum atomic E-state index is 11.5. The molecule has 0 saturated carbocycles. The van der Waals surface area contributed by atoms with E-state index in [1.165, 1.54) is 0 Å². The second-order valence-electron chi connectivity index (χ2n) is 6.16. The van der Waals surface area contributed by atoms with Crippen molar-refractivity contribution in [2.45, 2.75) is 58.3 Å². The minimum absolute atomic E-state index is 0.290. The molecule has 2 N–H and O–H groups in total. The van der Waals surface area contributed by atoms with E-state index in [0.29, 0.717) is 11.3 Å². The summed E-state index contributed by atoms with van der Waals surface area (Å²) in [5.41, 5.74) is 0.923. The summed E-state index contributed by atoms with van der Waals surface area (Å²) in [6.07, 6.45) is -0.799. The molecule has 0 bridgehead atoms. The van der Waals surface area contributed by atoms with Crippen molar-refractivity contribution in [3.05, 3.63) is 17.5 Å². The first-order chi connectivity index (χ1) is 9.04. The predicted molar refractivity (Wildman–Crippen MR) is 74.5 cm³/mol. The van der Waals surface area contributed by atoms with Crippen LogP contribution in [-0.2, 0) is 22.0 Å². The molecule has 0 aliphatic rings. The van der Waals surface area contributed by atoms with E-state index in [2.05, 4.69) is 5.10 Å². The van der Waals surface area contributed by atoms with Crippen LogP contribution in [0.25, 0.3) is 0 Å². The highest BCUT2D eigenvalue weighted by atomic mass is 16.5. The average molecular weight is 284 g/mol. The van der Waals surface area contributed by atoms with Crippen molar-refractivity contribution in [1.82, 2.24) is 9.78 Å². The van der Waals surface area contributed by atoms with Gasteiger partial charge in [-0.1, -0.05) is 20.8 Å². The first-order valence-corrected chi connectivity index (χ1v) is 6.64. The van der Waals surface area contributed by atoms with Crippen molar-refractivity contribution in [2.75, 3.05) is 0 Å². The van der Waals surface area contributed by atoms with Gasteiger partial charge in [-0.3, -0.25) is 4.68 Å². The van der Waals surface area contributed by atoms with Crippen molar-refractivity contribution < 1.29 is 19.7 Å². The summed E-state index contributed by atoms with van der Waals surface area (Å²) in [5, 5.41) is 23.3. The monoisotopic (exact) mass is 284 g/mol. The fourth-order valence-corrected chi connectivity index (χ4v) is 1.87. The molecular formula is C14H24N2O4. The molecule has 0 amide bonds. The van der Waals surface area contributed by atoms with E-state index in [4.69, 9.17) is 4.74 Å². The largest absolute Gasteiger partial charge is 0.479 e. The molecule has 1 aromatic heterocycles. The summed E-state index contributed by atoms with van der Waals surface area (Å²) < 4.78 is 7.09. The zero-order chi connectivity index (χ0) is 15.7. The number of aryl methyl sites for hydroxylation is 1. The van der Waals surface area contributed by atoms with Crippen molar-refractivity contribution in [3.63, 3.8) is 0 Å². The Hall–Kier alpha value is -1.40. The Morgan fingerprint density at radius 2 is 1.95 bits per heavy atom. The lowest BCUT2D eigenvalue weighted by molar-refractivity contribution is -0.158. The number of carboxylic acids is 1. The van der Waals surface area contributed by atoms with Gasteiger partial charge in [0.05, 0.1) is 17.9 Å². The third kappa shape index (κ3) is 3.80. The van der Waals surface area contributed by atoms with Gasteiger partial charge in [-0.2, -0.15) is 5.10 Å². The fraction of sp³-hybridized carbons (Fsp3) is 0.714. The highest BCUT2D eigenvalue weighted by Crippen LogP contribution is 2.31. The van der Waals surface area contributed by atoms with Gasteiger partial charge in [-0.05, 0) is 13.8 Å². The average Bonchev–Trinajstić information content (AvgIpc) is 2.66. The number of ether oxygens (including phenoxy) is 1. The first kappa shape index (κ1) is 16.7. The third-order valence-corrected chi connectivity index (χ3v) is 3.10. The number of carboxylic acid groups (broad SMARTS) is 1. The van der Waals surface area contributed by atoms with Gasteiger partial charge in [0, 0.05) is 24.2 Å². The minimum atomic E-state index is -1.14. The SMILES string of the molecule is CC(O)C(C)OC(C(=O)O)c1cn(C)nc1C(C)(C)C. The van der Waals surface area contributed by atoms with Gasteiger partial charge in [0.2, 0.25) is 0 Å². The van der Waals surface area contributed by atoms with Crippen molar-refractivity contribution in [2.24, 2.45) is 7.05 Å². The number of nitrogens with zero attached hydrogens (tertiary/aromatic N) is 2. The van der Waals surface area contributed by atoms with E-state index < -0.39 is 24.3 Å². The lowest BCUT2D eigenvalue weighted by atomic mass is 9.88. The zero-order valence-electron chi connectivity index (χ0n) is 12.9. The Morgan fingerprint density at radius 1 is 1.40 bits per heavy atom. The van der Waals surface area contributed by atoms with Gasteiger partial charge in [0.1, 0.15) is 0 Å². The van der Waals surface area contributed by atoms with Crippen LogP contribution in [0.2, 0.25) is 0 Å². The number of rotatable bonds is 5. The number of hydrogen-bond acceptors (Lipinski definition) is 4. The standard InChI is InChI=1S/C14H24N2O4/c1-8(17)9(2)20-11(13(18)19)10-7-16(6)15-12(10)14(3,4)5/h7-9,11,17H,1-6H3,(H,18,19). The molecule has 1 aromatic rings. The normalized spacial score (nSPS) is 16.8. The Bertz CT molecular complexity index is 474. The molecule has 0 aliphatic heterocycles. The van der Waals surface area contributed by atoms with E-state index in [-0.39, 0.29) is 5.41 Å². The highest BCUT2D eigenvalue weighted by Gasteiger charge is 2.33. The number of aliphatic carboxylic acids is 1. The number of aromatic nitrogens is 2. The summed E-state index contributed by atoms with van der Waals surface area (Å²) in [6.45, 7) is 9.12. The fourth-order valence-electron chi connectivity index (χ4n) is 1.87. The smallest absolute Gasteiger partial charge is 0.337 e. The summed E-state index contributed by atoms with van der Waals surface area (Å²) in [4.78, 5) is 11.5. The Balaban J connectivity index is 3.19. The quantitative estimate of drug-likeness (QED) is 0.858. The van der Waals surface area contributed by atoms with Crippen molar-refractivity contribution in [1.29, 1.82) is 0 Å². The number of carbonyl (C=O) groups is 1. The number of hydrogen-bond donors (Lipinski definition) is 2. The predicted octanol–water partition coefficient (Wildman–Crippen LogP) is 1.63. The van der Waals surface area contributed by atoms with Crippen LogP contribution in [0.15, 0.2) is 6.20 Å². The van der Waals surface area contributed by atoms with Gasteiger partial charge < -0.3 is 14.9 Å². The van der Waals surface area contributed by atoms with E-state index in [1.54, 1.807) is 31.8 Å². The third-order valence-electron chi connectivity index (χ3n) is 3.10. The van der Waals surface area contributed by atoms with Gasteiger partial charge in [0.25, 0.3) is 0 Å². The molecular weight excluding hydrogens is 260 g/mol. The molecule has 1 heterocycles. The van der Waals surface area contributed by atoms with Crippen molar-refractivity contribution >= 4 is 5.97 Å². The summed E-state index contributed by atoms with van der Waals surface area (Å²) in [6, 6.07) is 0. The van der Waals surface area contributed by atoms with Crippen molar-refractivity contribution in [3.8, 4) is 0 Å². The Labute approximate surface area is 119 Å². The van der Waals surface area contributed by atoms with Crippen LogP contribution < -0.4 is 0 Å². The van der Waals surface area contributed by atoms with E-state index in [9.17, 15) is 15.0 Å². The minimum Gasteiger partial charge on any atom is -0.479 e. The lowest BCUT2D eigenvalue weighted by Crippen LogP contribution is -2.29. The maximum absolute atomic E-state index is 11.5. The van der Waals surface area contributed by atoms with Gasteiger partial charge in [-0.15, -0.1) is 0 Å². The second kappa shape index (κ2) is 5.93. The summed E-state index contributed by atoms with van der Waals surface area (Å²) in [7, 11) is 1.75. The molecule has 1 rings (SSSR count). The second-order valence-corrected chi connectivity index (χ2v) is 6.16. The van der Waals surface area contributed by atoms with Crippen LogP contribution >= 0.6 is 0 Å². The van der Waals surface area contributed by atoms with E-state index >= 15 is 0 Å². The molecule has 0 aromatic carbocycles. The van der Waals surface area contributed by atoms with Crippen LogP contribution in [0.5, 0.6) is 0 Å². The molecule has 0 radical (unpaired) electrons. The zero-order valence-corrected chi connectivity index (χ0v) is 12.9.